The fraction of sp³-hybridized carbons (Fsp3) is 0.524. The van der Waals surface area contributed by atoms with Gasteiger partial charge in [-0.05, 0) is 32.4 Å². The molecule has 2 amide bonds. The number of pyridine rings is 1. The molecule has 3 heterocycles. The predicted octanol–water partition coefficient (Wildman–Crippen LogP) is 2.03. The average Bonchev–Trinajstić information content (AvgIpc) is 3.10. The van der Waals surface area contributed by atoms with E-state index in [1.54, 1.807) is 12.4 Å². The van der Waals surface area contributed by atoms with Crippen molar-refractivity contribution in [3.8, 4) is 0 Å². The third-order valence-electron chi connectivity index (χ3n) is 5.35. The summed E-state index contributed by atoms with van der Waals surface area (Å²) in [6.45, 7) is 5.61. The van der Waals surface area contributed by atoms with Gasteiger partial charge in [-0.2, -0.15) is 0 Å². The van der Waals surface area contributed by atoms with Crippen molar-refractivity contribution in [2.24, 2.45) is 13.0 Å². The predicted molar refractivity (Wildman–Crippen MR) is 106 cm³/mol. The van der Waals surface area contributed by atoms with E-state index in [1.807, 2.05) is 59.7 Å². The van der Waals surface area contributed by atoms with Crippen LogP contribution < -0.4 is 0 Å². The molecule has 1 aliphatic heterocycles. The Bertz CT molecular complexity index is 802. The van der Waals surface area contributed by atoms with Crippen molar-refractivity contribution in [3.05, 3.63) is 48.3 Å². The lowest BCUT2D eigenvalue weighted by Crippen LogP contribution is -2.49. The second-order valence-corrected chi connectivity index (χ2v) is 7.66. The Labute approximate surface area is 166 Å². The number of rotatable bonds is 7. The van der Waals surface area contributed by atoms with Crippen molar-refractivity contribution in [1.29, 1.82) is 0 Å². The number of likely N-dealkylation sites (tertiary alicyclic amines) is 1. The Hall–Kier alpha value is -2.70. The number of aromatic nitrogens is 3. The topological polar surface area (TPSA) is 71.3 Å². The zero-order valence-electron chi connectivity index (χ0n) is 16.9. The molecule has 7 nitrogen and oxygen atoms in total. The van der Waals surface area contributed by atoms with Gasteiger partial charge in [0.15, 0.2) is 0 Å². The van der Waals surface area contributed by atoms with E-state index in [-0.39, 0.29) is 23.8 Å². The second kappa shape index (κ2) is 8.99. The van der Waals surface area contributed by atoms with Gasteiger partial charge in [-0.3, -0.25) is 14.6 Å². The molecule has 0 radical (unpaired) electrons. The smallest absolute Gasteiger partial charge is 0.228 e. The van der Waals surface area contributed by atoms with Gasteiger partial charge in [0.1, 0.15) is 5.82 Å². The Kier molecular flexibility index (Phi) is 6.44. The molecule has 0 saturated carbocycles. The second-order valence-electron chi connectivity index (χ2n) is 7.66. The summed E-state index contributed by atoms with van der Waals surface area (Å²) < 4.78 is 1.94. The van der Waals surface area contributed by atoms with E-state index in [2.05, 4.69) is 9.97 Å². The van der Waals surface area contributed by atoms with Gasteiger partial charge in [-0.25, -0.2) is 4.98 Å². The molecule has 150 valence electrons. The van der Waals surface area contributed by atoms with Gasteiger partial charge in [0.05, 0.1) is 12.5 Å². The van der Waals surface area contributed by atoms with Crippen molar-refractivity contribution < 1.29 is 9.59 Å². The first-order chi connectivity index (χ1) is 13.5. The molecule has 1 unspecified atom stereocenters. The molecule has 1 saturated heterocycles. The van der Waals surface area contributed by atoms with Crippen molar-refractivity contribution in [2.75, 3.05) is 13.1 Å². The van der Waals surface area contributed by atoms with Gasteiger partial charge in [0, 0.05) is 63.3 Å². The Morgan fingerprint density at radius 1 is 1.29 bits per heavy atom. The molecule has 0 aliphatic carbocycles. The van der Waals surface area contributed by atoms with E-state index >= 15 is 0 Å². The van der Waals surface area contributed by atoms with Crippen LogP contribution in [0.25, 0.3) is 0 Å². The molecule has 1 fully saturated rings. The summed E-state index contributed by atoms with van der Waals surface area (Å²) >= 11 is 0. The lowest BCUT2D eigenvalue weighted by molar-refractivity contribution is -0.144. The van der Waals surface area contributed by atoms with E-state index in [1.165, 1.54) is 0 Å². The highest BCUT2D eigenvalue weighted by Gasteiger charge is 2.33. The maximum atomic E-state index is 13.2. The minimum absolute atomic E-state index is 0.0730. The van der Waals surface area contributed by atoms with Crippen molar-refractivity contribution in [3.63, 3.8) is 0 Å². The van der Waals surface area contributed by atoms with Crippen LogP contribution in [0, 0.1) is 5.92 Å². The third-order valence-corrected chi connectivity index (χ3v) is 5.35. The first kappa shape index (κ1) is 20.0. The number of nitrogens with zero attached hydrogens (tertiary/aromatic N) is 5. The number of hydrogen-bond acceptors (Lipinski definition) is 4. The highest BCUT2D eigenvalue weighted by atomic mass is 16.2. The highest BCUT2D eigenvalue weighted by Crippen LogP contribution is 2.22. The molecule has 1 aliphatic rings. The van der Waals surface area contributed by atoms with Gasteiger partial charge >= 0.3 is 0 Å². The summed E-state index contributed by atoms with van der Waals surface area (Å²) in [5.41, 5.74) is 0.960. The molecule has 28 heavy (non-hydrogen) atoms. The van der Waals surface area contributed by atoms with Crippen LogP contribution in [0.3, 0.4) is 0 Å². The minimum Gasteiger partial charge on any atom is -0.342 e. The SMILES string of the molecule is CC(C)N(Cc1nccn1C)C(=O)C1CCC(=O)N(CCc2ccccn2)C1. The molecule has 1 atom stereocenters. The summed E-state index contributed by atoms with van der Waals surface area (Å²) in [4.78, 5) is 38.0. The van der Waals surface area contributed by atoms with E-state index in [4.69, 9.17) is 0 Å². The maximum Gasteiger partial charge on any atom is 0.228 e. The number of carbonyl (C=O) groups excluding carboxylic acids is 2. The number of piperidine rings is 1. The van der Waals surface area contributed by atoms with E-state index in [0.717, 1.165) is 11.5 Å². The number of aryl methyl sites for hydroxylation is 1. The van der Waals surface area contributed by atoms with E-state index < -0.39 is 0 Å². The lowest BCUT2D eigenvalue weighted by atomic mass is 9.95. The fourth-order valence-corrected chi connectivity index (χ4v) is 3.58. The molecular formula is C21H29N5O2. The fourth-order valence-electron chi connectivity index (χ4n) is 3.58. The summed E-state index contributed by atoms with van der Waals surface area (Å²) in [5, 5.41) is 0. The largest absolute Gasteiger partial charge is 0.342 e. The number of imidazole rings is 1. The maximum absolute atomic E-state index is 13.2. The average molecular weight is 383 g/mol. The first-order valence-corrected chi connectivity index (χ1v) is 9.90. The lowest BCUT2D eigenvalue weighted by Gasteiger charge is -2.36. The zero-order valence-corrected chi connectivity index (χ0v) is 16.9. The van der Waals surface area contributed by atoms with Gasteiger partial charge in [-0.15, -0.1) is 0 Å². The van der Waals surface area contributed by atoms with Crippen LogP contribution >= 0.6 is 0 Å². The first-order valence-electron chi connectivity index (χ1n) is 9.90. The molecule has 3 rings (SSSR count). The number of hydrogen-bond donors (Lipinski definition) is 0. The van der Waals surface area contributed by atoms with Gasteiger partial charge in [-0.1, -0.05) is 6.07 Å². The van der Waals surface area contributed by atoms with Crippen molar-refractivity contribution in [1.82, 2.24) is 24.3 Å². The summed E-state index contributed by atoms with van der Waals surface area (Å²) in [6.07, 6.45) is 7.13. The Balaban J connectivity index is 1.64. The molecule has 7 heteroatoms. The number of carbonyl (C=O) groups is 2. The van der Waals surface area contributed by atoms with Gasteiger partial charge in [0.2, 0.25) is 11.8 Å². The minimum atomic E-state index is -0.163. The summed E-state index contributed by atoms with van der Waals surface area (Å²) in [7, 11) is 1.93. The molecule has 0 aromatic carbocycles. The van der Waals surface area contributed by atoms with Crippen molar-refractivity contribution in [2.45, 2.75) is 45.7 Å². The van der Waals surface area contributed by atoms with Gasteiger partial charge in [0.25, 0.3) is 0 Å². The molecule has 2 aromatic rings. The molecule has 0 N–H and O–H groups in total. The van der Waals surface area contributed by atoms with Crippen LogP contribution in [-0.4, -0.2) is 55.3 Å². The molecule has 0 bridgehead atoms. The molecule has 2 aromatic heterocycles. The van der Waals surface area contributed by atoms with Crippen LogP contribution in [-0.2, 0) is 29.6 Å². The van der Waals surface area contributed by atoms with Crippen LogP contribution in [0.2, 0.25) is 0 Å². The molecular weight excluding hydrogens is 354 g/mol. The van der Waals surface area contributed by atoms with Crippen LogP contribution in [0.1, 0.15) is 38.2 Å². The van der Waals surface area contributed by atoms with Crippen LogP contribution in [0.5, 0.6) is 0 Å². The Morgan fingerprint density at radius 3 is 2.75 bits per heavy atom. The highest BCUT2D eigenvalue weighted by molar-refractivity contribution is 5.84. The molecule has 0 spiro atoms. The van der Waals surface area contributed by atoms with Crippen molar-refractivity contribution >= 4 is 11.8 Å². The Morgan fingerprint density at radius 2 is 2.11 bits per heavy atom. The monoisotopic (exact) mass is 383 g/mol. The van der Waals surface area contributed by atoms with E-state index in [9.17, 15) is 9.59 Å². The third kappa shape index (κ3) is 4.77. The van der Waals surface area contributed by atoms with Gasteiger partial charge < -0.3 is 14.4 Å². The zero-order chi connectivity index (χ0) is 20.1. The van der Waals surface area contributed by atoms with E-state index in [0.29, 0.717) is 38.9 Å². The normalized spacial score (nSPS) is 17.2. The number of amides is 2. The standard InChI is InChI=1S/C21H29N5O2/c1-16(2)26(15-19-23-11-13-24(19)3)21(28)17-7-8-20(27)25(14-17)12-9-18-6-4-5-10-22-18/h4-6,10-11,13,16-17H,7-9,12,14-15H2,1-3H3. The van der Waals surface area contributed by atoms with Crippen LogP contribution in [0.4, 0.5) is 0 Å². The summed E-state index contributed by atoms with van der Waals surface area (Å²) in [5.74, 6) is 0.929. The van der Waals surface area contributed by atoms with Crippen LogP contribution in [0.15, 0.2) is 36.8 Å². The summed E-state index contributed by atoms with van der Waals surface area (Å²) in [6, 6.07) is 5.87. The quantitative estimate of drug-likeness (QED) is 0.733.